The van der Waals surface area contributed by atoms with E-state index in [0.717, 1.165) is 93.7 Å². The lowest BCUT2D eigenvalue weighted by Gasteiger charge is -2.13. The van der Waals surface area contributed by atoms with Crippen molar-refractivity contribution >= 4 is 82.1 Å². The second kappa shape index (κ2) is 10.6. The number of benzene rings is 7. The van der Waals surface area contributed by atoms with Gasteiger partial charge in [-0.3, -0.25) is 8.97 Å². The highest BCUT2D eigenvalue weighted by atomic mass is 15.2. The molecule has 0 aliphatic rings. The minimum Gasteiger partial charge on any atom is -0.309 e. The normalized spacial score (nSPS) is 12.2. The number of hydrogen-bond acceptors (Lipinski definition) is 3. The van der Waals surface area contributed by atoms with Crippen molar-refractivity contribution in [2.24, 2.45) is 0 Å². The molecule has 0 saturated heterocycles. The number of aromatic nitrogens is 6. The Kier molecular flexibility index (Phi) is 5.68. The summed E-state index contributed by atoms with van der Waals surface area (Å²) in [5.41, 5.74) is 12.4. The van der Waals surface area contributed by atoms with E-state index in [1.54, 1.807) is 0 Å². The Hall–Kier alpha value is -7.31. The van der Waals surface area contributed by atoms with Crippen LogP contribution < -0.4 is 0 Å². The minimum absolute atomic E-state index is 0.635. The number of imidazole rings is 1. The van der Waals surface area contributed by atoms with Crippen LogP contribution >= 0.6 is 0 Å². The van der Waals surface area contributed by atoms with Crippen LogP contribution in [0.15, 0.2) is 170 Å². The molecule has 0 N–H and O–H groups in total. The Morgan fingerprint density at radius 2 is 0.981 bits per heavy atom. The standard InChI is InChI=1S/C47H28N6/c1-3-15-29(16-4-1)42-33-21-9-12-24-36(33)48-47(50-42)53-38-26-14-11-23-35(38)45-44(53)31-19-7-8-20-32(31)46-49-43-40(52(45)46)28-27-39-41(43)34-22-10-13-25-37(34)51(39)30-17-5-2-6-18-30/h1-28H. The van der Waals surface area contributed by atoms with Crippen LogP contribution in [-0.2, 0) is 0 Å². The van der Waals surface area contributed by atoms with Gasteiger partial charge in [-0.1, -0.05) is 127 Å². The van der Waals surface area contributed by atoms with E-state index in [9.17, 15) is 0 Å². The van der Waals surface area contributed by atoms with Crippen molar-refractivity contribution in [1.29, 1.82) is 0 Å². The van der Waals surface area contributed by atoms with Crippen LogP contribution in [0.3, 0.4) is 0 Å². The van der Waals surface area contributed by atoms with Gasteiger partial charge in [-0.25, -0.2) is 15.0 Å². The molecule has 0 atom stereocenters. The van der Waals surface area contributed by atoms with Gasteiger partial charge in [0.2, 0.25) is 5.95 Å². The van der Waals surface area contributed by atoms with Crippen LogP contribution in [0.1, 0.15) is 0 Å². The smallest absolute Gasteiger partial charge is 0.235 e. The average Bonchev–Trinajstić information content (AvgIpc) is 3.89. The van der Waals surface area contributed by atoms with Crippen LogP contribution in [0.2, 0.25) is 0 Å². The summed E-state index contributed by atoms with van der Waals surface area (Å²) in [4.78, 5) is 16.2. The lowest BCUT2D eigenvalue weighted by Crippen LogP contribution is -2.04. The van der Waals surface area contributed by atoms with Crippen molar-refractivity contribution in [2.45, 2.75) is 0 Å². The van der Waals surface area contributed by atoms with E-state index in [0.29, 0.717) is 5.95 Å². The maximum Gasteiger partial charge on any atom is 0.235 e. The number of para-hydroxylation sites is 4. The van der Waals surface area contributed by atoms with E-state index in [4.69, 9.17) is 15.0 Å². The third-order valence-electron chi connectivity index (χ3n) is 10.8. The van der Waals surface area contributed by atoms with Crippen molar-refractivity contribution in [3.8, 4) is 22.9 Å². The number of hydrogen-bond donors (Lipinski definition) is 0. The minimum atomic E-state index is 0.635. The third-order valence-corrected chi connectivity index (χ3v) is 10.8. The van der Waals surface area contributed by atoms with E-state index in [1.165, 1.54) is 5.39 Å². The molecule has 12 aromatic rings. The Bertz CT molecular complexity index is 3450. The van der Waals surface area contributed by atoms with Crippen molar-refractivity contribution in [3.05, 3.63) is 170 Å². The molecule has 12 rings (SSSR count). The van der Waals surface area contributed by atoms with Gasteiger partial charge in [0.05, 0.1) is 49.8 Å². The summed E-state index contributed by atoms with van der Waals surface area (Å²) in [5.74, 6) is 0.635. The first-order valence-corrected chi connectivity index (χ1v) is 17.9. The number of rotatable bonds is 3. The molecule has 7 aromatic carbocycles. The third kappa shape index (κ3) is 3.84. The van der Waals surface area contributed by atoms with Gasteiger partial charge in [-0.15, -0.1) is 0 Å². The second-order valence-corrected chi connectivity index (χ2v) is 13.6. The number of pyridine rings is 1. The fourth-order valence-corrected chi connectivity index (χ4v) is 8.63. The molecule has 0 radical (unpaired) electrons. The van der Waals surface area contributed by atoms with E-state index in [-0.39, 0.29) is 0 Å². The summed E-state index contributed by atoms with van der Waals surface area (Å²) in [6.45, 7) is 0. The zero-order valence-electron chi connectivity index (χ0n) is 28.3. The molecule has 246 valence electrons. The molecule has 0 saturated carbocycles. The highest BCUT2D eigenvalue weighted by Crippen LogP contribution is 2.43. The maximum atomic E-state index is 5.57. The highest BCUT2D eigenvalue weighted by molar-refractivity contribution is 6.25. The van der Waals surface area contributed by atoms with Crippen LogP contribution in [0.4, 0.5) is 0 Å². The summed E-state index contributed by atoms with van der Waals surface area (Å²) in [6, 6.07) is 59.7. The average molecular weight is 677 g/mol. The molecule has 0 unspecified atom stereocenters. The molecule has 0 aliphatic carbocycles. The quantitative estimate of drug-likeness (QED) is 0.187. The van der Waals surface area contributed by atoms with Gasteiger partial charge in [0.1, 0.15) is 5.65 Å². The first-order valence-electron chi connectivity index (χ1n) is 17.9. The van der Waals surface area contributed by atoms with Gasteiger partial charge in [0.15, 0.2) is 0 Å². The largest absolute Gasteiger partial charge is 0.309 e. The van der Waals surface area contributed by atoms with Crippen molar-refractivity contribution in [1.82, 2.24) is 28.5 Å². The Balaban J connectivity index is 1.28. The molecule has 0 amide bonds. The maximum absolute atomic E-state index is 5.57. The fraction of sp³-hybridized carbons (Fsp3) is 0. The molecule has 0 spiro atoms. The molecular formula is C47H28N6. The van der Waals surface area contributed by atoms with Crippen LogP contribution in [-0.4, -0.2) is 28.5 Å². The predicted octanol–water partition coefficient (Wildman–Crippen LogP) is 11.4. The molecule has 6 nitrogen and oxygen atoms in total. The summed E-state index contributed by atoms with van der Waals surface area (Å²) in [5, 5.41) is 6.64. The highest BCUT2D eigenvalue weighted by Gasteiger charge is 2.25. The fourth-order valence-electron chi connectivity index (χ4n) is 8.63. The molecule has 5 aromatic heterocycles. The Morgan fingerprint density at radius 3 is 1.77 bits per heavy atom. The van der Waals surface area contributed by atoms with Crippen molar-refractivity contribution in [2.75, 3.05) is 0 Å². The predicted molar refractivity (Wildman–Crippen MR) is 217 cm³/mol. The molecule has 5 heterocycles. The van der Waals surface area contributed by atoms with Gasteiger partial charge in [-0.05, 0) is 42.5 Å². The van der Waals surface area contributed by atoms with Crippen molar-refractivity contribution < 1.29 is 0 Å². The Morgan fingerprint density at radius 1 is 0.377 bits per heavy atom. The van der Waals surface area contributed by atoms with Crippen LogP contribution in [0, 0.1) is 0 Å². The lowest BCUT2D eigenvalue weighted by atomic mass is 10.1. The van der Waals surface area contributed by atoms with E-state index in [2.05, 4.69) is 171 Å². The van der Waals surface area contributed by atoms with E-state index < -0.39 is 0 Å². The number of nitrogens with zero attached hydrogens (tertiary/aromatic N) is 6. The molecule has 0 aliphatic heterocycles. The first kappa shape index (κ1) is 28.4. The number of fused-ring (bicyclic) bond motifs is 15. The van der Waals surface area contributed by atoms with E-state index in [1.807, 2.05) is 12.1 Å². The zero-order valence-corrected chi connectivity index (χ0v) is 28.3. The summed E-state index contributed by atoms with van der Waals surface area (Å²) in [6.07, 6.45) is 0. The monoisotopic (exact) mass is 676 g/mol. The first-order chi connectivity index (χ1) is 26.3. The van der Waals surface area contributed by atoms with E-state index >= 15 is 0 Å². The lowest BCUT2D eigenvalue weighted by molar-refractivity contribution is 1.02. The van der Waals surface area contributed by atoms with Crippen molar-refractivity contribution in [3.63, 3.8) is 0 Å². The van der Waals surface area contributed by atoms with Gasteiger partial charge in [0.25, 0.3) is 0 Å². The molecule has 53 heavy (non-hydrogen) atoms. The van der Waals surface area contributed by atoms with Gasteiger partial charge < -0.3 is 4.57 Å². The Labute approximate surface area is 302 Å². The topological polar surface area (TPSA) is 52.9 Å². The summed E-state index contributed by atoms with van der Waals surface area (Å²) < 4.78 is 6.99. The molecular weight excluding hydrogens is 649 g/mol. The second-order valence-electron chi connectivity index (χ2n) is 13.6. The van der Waals surface area contributed by atoms with Gasteiger partial charge in [-0.2, -0.15) is 0 Å². The molecule has 0 bridgehead atoms. The van der Waals surface area contributed by atoms with Crippen LogP contribution in [0.5, 0.6) is 0 Å². The summed E-state index contributed by atoms with van der Waals surface area (Å²) in [7, 11) is 0. The van der Waals surface area contributed by atoms with Gasteiger partial charge in [0, 0.05) is 43.6 Å². The zero-order chi connectivity index (χ0) is 34.6. The van der Waals surface area contributed by atoms with Gasteiger partial charge >= 0.3 is 0 Å². The summed E-state index contributed by atoms with van der Waals surface area (Å²) >= 11 is 0. The van der Waals surface area contributed by atoms with Crippen LogP contribution in [0.25, 0.3) is 105 Å². The SMILES string of the molecule is c1ccc(-c2nc(-n3c4ccccc4c4c3c3ccccc3c3nc5c6c7ccccc7n(-c7ccccc7)c6ccc5n34)nc3ccccc23)cc1. The molecule has 6 heteroatoms. The molecule has 0 fully saturated rings.